The number of H-pyrrole nitrogens is 1. The van der Waals surface area contributed by atoms with Crippen LogP contribution in [-0.2, 0) is 21.1 Å². The Balaban J connectivity index is 1.26. The Labute approximate surface area is 224 Å². The number of carbonyl (C=O) groups is 1. The second-order valence-electron chi connectivity index (χ2n) is 11.0. The van der Waals surface area contributed by atoms with Crippen molar-refractivity contribution in [1.82, 2.24) is 20.1 Å². The summed E-state index contributed by atoms with van der Waals surface area (Å²) >= 11 is 0. The van der Waals surface area contributed by atoms with Gasteiger partial charge in [0.25, 0.3) is 5.56 Å². The van der Waals surface area contributed by atoms with Gasteiger partial charge in [0.1, 0.15) is 5.56 Å². The van der Waals surface area contributed by atoms with Gasteiger partial charge < -0.3 is 24.6 Å². The molecule has 1 amide bonds. The number of aromatic nitrogens is 3. The summed E-state index contributed by atoms with van der Waals surface area (Å²) in [5.74, 6) is 1.54. The van der Waals surface area contributed by atoms with Crippen molar-refractivity contribution >= 4 is 17.4 Å². The molecule has 1 saturated heterocycles. The molecular formula is C26H35F3N6O4. The van der Waals surface area contributed by atoms with Crippen molar-refractivity contribution in [3.05, 3.63) is 39.9 Å². The fourth-order valence-corrected chi connectivity index (χ4v) is 4.76. The number of piperazine rings is 1. The lowest BCUT2D eigenvalue weighted by molar-refractivity contribution is -0.138. The number of aromatic amines is 1. The minimum atomic E-state index is -4.83. The van der Waals surface area contributed by atoms with Gasteiger partial charge in [-0.2, -0.15) is 18.3 Å². The summed E-state index contributed by atoms with van der Waals surface area (Å²) in [6, 6.07) is 1.60. The Kier molecular flexibility index (Phi) is 8.38. The molecule has 4 rings (SSSR count). The monoisotopic (exact) mass is 552 g/mol. The van der Waals surface area contributed by atoms with Crippen LogP contribution in [0.15, 0.2) is 23.3 Å². The quantitative estimate of drug-likeness (QED) is 0.504. The van der Waals surface area contributed by atoms with E-state index in [1.807, 2.05) is 11.1 Å². The third-order valence-corrected chi connectivity index (χ3v) is 6.88. The third-order valence-electron chi connectivity index (χ3n) is 6.88. The van der Waals surface area contributed by atoms with Gasteiger partial charge in [0.2, 0.25) is 5.91 Å². The first kappa shape index (κ1) is 28.7. The number of alkyl halides is 3. The van der Waals surface area contributed by atoms with Gasteiger partial charge in [0.15, 0.2) is 11.6 Å². The van der Waals surface area contributed by atoms with E-state index in [9.17, 15) is 22.8 Å². The average Bonchev–Trinajstić information content (AvgIpc) is 3.03. The van der Waals surface area contributed by atoms with Crippen LogP contribution in [0.3, 0.4) is 0 Å². The number of hydrogen-bond donors (Lipinski definition) is 2. The van der Waals surface area contributed by atoms with E-state index in [1.165, 1.54) is 0 Å². The fraction of sp³-hybridized carbons (Fsp3) is 0.615. The van der Waals surface area contributed by atoms with Crippen LogP contribution in [-0.4, -0.2) is 77.5 Å². The summed E-state index contributed by atoms with van der Waals surface area (Å²) in [5.41, 5.74) is -2.01. The van der Waals surface area contributed by atoms with Gasteiger partial charge in [-0.15, -0.1) is 0 Å². The van der Waals surface area contributed by atoms with Gasteiger partial charge in [-0.1, -0.05) is 20.8 Å². The van der Waals surface area contributed by atoms with Crippen molar-refractivity contribution < 1.29 is 27.4 Å². The number of anilines is 2. The molecule has 2 aromatic heterocycles. The predicted molar refractivity (Wildman–Crippen MR) is 139 cm³/mol. The van der Waals surface area contributed by atoms with Gasteiger partial charge in [-0.25, -0.2) is 10.1 Å². The summed E-state index contributed by atoms with van der Waals surface area (Å²) in [6.45, 7) is 10.5. The molecule has 13 heteroatoms. The highest BCUT2D eigenvalue weighted by Crippen LogP contribution is 2.36. The first-order valence-corrected chi connectivity index (χ1v) is 13.0. The lowest BCUT2D eigenvalue weighted by Gasteiger charge is -2.41. The van der Waals surface area contributed by atoms with E-state index in [-0.39, 0.29) is 37.0 Å². The molecule has 214 valence electrons. The molecule has 0 aliphatic carbocycles. The number of fused-ring (bicyclic) bond motifs is 3. The molecule has 39 heavy (non-hydrogen) atoms. The van der Waals surface area contributed by atoms with E-state index in [1.54, 1.807) is 12.0 Å². The molecule has 0 saturated carbocycles. The maximum Gasteiger partial charge on any atom is 0.423 e. The van der Waals surface area contributed by atoms with Crippen LogP contribution in [0.2, 0.25) is 0 Å². The number of nitrogens with one attached hydrogen (secondary N) is 2. The van der Waals surface area contributed by atoms with E-state index in [2.05, 4.69) is 42.2 Å². The zero-order chi connectivity index (χ0) is 28.4. The van der Waals surface area contributed by atoms with Crippen molar-refractivity contribution in [2.45, 2.75) is 64.2 Å². The lowest BCUT2D eigenvalue weighted by Crippen LogP contribution is -2.55. The van der Waals surface area contributed by atoms with Crippen molar-refractivity contribution in [2.24, 2.45) is 0 Å². The lowest BCUT2D eigenvalue weighted by atomic mass is 9.88. The fourth-order valence-electron chi connectivity index (χ4n) is 4.76. The predicted octanol–water partition coefficient (Wildman–Crippen LogP) is 3.19. The number of hydrogen-bond acceptors (Lipinski definition) is 8. The number of ether oxygens (including phenoxy) is 2. The molecule has 2 aliphatic rings. The van der Waals surface area contributed by atoms with Gasteiger partial charge in [0, 0.05) is 38.3 Å². The number of halogens is 3. The van der Waals surface area contributed by atoms with Crippen molar-refractivity contribution in [3.8, 4) is 5.75 Å². The zero-order valence-electron chi connectivity index (χ0n) is 22.6. The molecule has 10 nitrogen and oxygen atoms in total. The van der Waals surface area contributed by atoms with Crippen LogP contribution < -0.4 is 20.5 Å². The number of rotatable bonds is 7. The minimum Gasteiger partial charge on any atom is -0.490 e. The Morgan fingerprint density at radius 3 is 2.77 bits per heavy atom. The van der Waals surface area contributed by atoms with E-state index >= 15 is 0 Å². The average molecular weight is 553 g/mol. The van der Waals surface area contributed by atoms with Crippen LogP contribution in [0.25, 0.3) is 0 Å². The third kappa shape index (κ3) is 6.81. The Bertz CT molecular complexity index is 1230. The summed E-state index contributed by atoms with van der Waals surface area (Å²) in [7, 11) is 0. The number of pyridine rings is 1. The van der Waals surface area contributed by atoms with Gasteiger partial charge in [0.05, 0.1) is 44.2 Å². The normalized spacial score (nSPS) is 18.5. The smallest absolute Gasteiger partial charge is 0.423 e. The maximum absolute atomic E-state index is 13.2. The molecule has 2 aromatic rings. The second kappa shape index (κ2) is 11.4. The molecule has 0 spiro atoms. The molecular weight excluding hydrogens is 517 g/mol. The number of amides is 1. The van der Waals surface area contributed by atoms with Crippen LogP contribution in [0, 0.1) is 0 Å². The van der Waals surface area contributed by atoms with E-state index < -0.39 is 29.0 Å². The van der Waals surface area contributed by atoms with Crippen molar-refractivity contribution in [3.63, 3.8) is 0 Å². The van der Waals surface area contributed by atoms with Crippen LogP contribution in [0.5, 0.6) is 5.75 Å². The molecule has 0 aromatic carbocycles. The molecule has 2 N–H and O–H groups in total. The van der Waals surface area contributed by atoms with Crippen LogP contribution in [0.1, 0.15) is 51.7 Å². The van der Waals surface area contributed by atoms with Crippen molar-refractivity contribution in [2.75, 3.05) is 49.7 Å². The van der Waals surface area contributed by atoms with Crippen molar-refractivity contribution in [1.29, 1.82) is 0 Å². The molecule has 2 atom stereocenters. The molecule has 0 bridgehead atoms. The Morgan fingerprint density at radius 1 is 1.28 bits per heavy atom. The number of nitrogens with zero attached hydrogens (tertiary/aromatic N) is 4. The zero-order valence-corrected chi connectivity index (χ0v) is 22.6. The van der Waals surface area contributed by atoms with Gasteiger partial charge in [-0.05, 0) is 24.0 Å². The highest BCUT2D eigenvalue weighted by atomic mass is 19.4. The topological polar surface area (TPSA) is 113 Å². The van der Waals surface area contributed by atoms with E-state index in [0.29, 0.717) is 26.2 Å². The highest BCUT2D eigenvalue weighted by Gasteiger charge is 2.38. The minimum absolute atomic E-state index is 0.0396. The van der Waals surface area contributed by atoms with Gasteiger partial charge in [-0.3, -0.25) is 9.59 Å². The van der Waals surface area contributed by atoms with E-state index in [0.717, 1.165) is 29.7 Å². The highest BCUT2D eigenvalue weighted by molar-refractivity contribution is 5.76. The molecule has 2 unspecified atom stereocenters. The molecule has 4 heterocycles. The SMILES string of the molecule is CC(COCCC(=O)N1CCN2c3ncc(C(C)(C)C)cc3OCCC2C1)Nc1cn[nH]c(=O)c1C(F)(F)F. The second-order valence-corrected chi connectivity index (χ2v) is 11.0. The summed E-state index contributed by atoms with van der Waals surface area (Å²) in [5, 5.41) is 7.85. The molecule has 0 radical (unpaired) electrons. The number of carbonyl (C=O) groups excluding carboxylic acids is 1. The summed E-state index contributed by atoms with van der Waals surface area (Å²) in [4.78, 5) is 33.2. The first-order chi connectivity index (χ1) is 18.3. The van der Waals surface area contributed by atoms with E-state index in [4.69, 9.17) is 14.5 Å². The summed E-state index contributed by atoms with van der Waals surface area (Å²) in [6.07, 6.45) is -1.10. The van der Waals surface area contributed by atoms with Crippen LogP contribution >= 0.6 is 0 Å². The molecule has 2 aliphatic heterocycles. The molecule has 1 fully saturated rings. The van der Waals surface area contributed by atoms with Gasteiger partial charge >= 0.3 is 6.18 Å². The summed E-state index contributed by atoms with van der Waals surface area (Å²) < 4.78 is 51.2. The Hall–Kier alpha value is -3.35. The maximum atomic E-state index is 13.2. The first-order valence-electron chi connectivity index (χ1n) is 13.0. The standard InChI is InChI=1S/C26H35F3N6O4/c1-16(32-19-13-31-33-24(37)22(19)26(27,28)29)15-38-9-6-21(36)34-7-8-35-18(14-34)5-10-39-20-11-17(25(2,3)4)12-30-23(20)35/h11-13,16,18H,5-10,14-15H2,1-4H3,(H2,32,33,37). The Morgan fingerprint density at radius 2 is 2.05 bits per heavy atom. The largest absolute Gasteiger partial charge is 0.490 e. The van der Waals surface area contributed by atoms with Crippen LogP contribution in [0.4, 0.5) is 24.7 Å².